The van der Waals surface area contributed by atoms with Crippen molar-refractivity contribution in [3.05, 3.63) is 17.7 Å². The largest absolute Gasteiger partial charge is 0.489 e. The maximum absolute atomic E-state index is 11.4. The molecule has 1 unspecified atom stereocenters. The minimum absolute atomic E-state index is 0.0237. The first-order valence-corrected chi connectivity index (χ1v) is 9.83. The van der Waals surface area contributed by atoms with Crippen molar-refractivity contribution in [3.8, 4) is 5.75 Å². The molecule has 2 fully saturated rings. The van der Waals surface area contributed by atoms with Crippen molar-refractivity contribution in [2.45, 2.75) is 39.7 Å². The highest BCUT2D eigenvalue weighted by molar-refractivity contribution is 7.22. The molecule has 5 nitrogen and oxygen atoms in total. The van der Waals surface area contributed by atoms with Crippen molar-refractivity contribution in [1.29, 1.82) is 0 Å². The maximum Gasteiger partial charge on any atom is 0.335 e. The van der Waals surface area contributed by atoms with Gasteiger partial charge in [0.15, 0.2) is 5.13 Å². The quantitative estimate of drug-likeness (QED) is 0.882. The van der Waals surface area contributed by atoms with Gasteiger partial charge in [-0.2, -0.15) is 0 Å². The lowest BCUT2D eigenvalue weighted by atomic mass is 9.94. The molecule has 0 bridgehead atoms. The van der Waals surface area contributed by atoms with Crippen LogP contribution in [0.25, 0.3) is 10.2 Å². The van der Waals surface area contributed by atoms with Gasteiger partial charge in [-0.15, -0.1) is 0 Å². The van der Waals surface area contributed by atoms with Gasteiger partial charge in [0.1, 0.15) is 11.3 Å². The molecule has 6 heteroatoms. The Morgan fingerprint density at radius 3 is 2.84 bits per heavy atom. The summed E-state index contributed by atoms with van der Waals surface area (Å²) in [7, 11) is 0. The molecular weight excluding hydrogens is 336 g/mol. The topological polar surface area (TPSA) is 62.7 Å². The number of nitrogens with zero attached hydrogens (tertiary/aromatic N) is 2. The normalized spacial score (nSPS) is 25.8. The summed E-state index contributed by atoms with van der Waals surface area (Å²) in [6, 6.07) is 3.31. The highest BCUT2D eigenvalue weighted by Gasteiger charge is 2.41. The van der Waals surface area contributed by atoms with Gasteiger partial charge in [0.2, 0.25) is 0 Å². The monoisotopic (exact) mass is 360 g/mol. The summed E-state index contributed by atoms with van der Waals surface area (Å²) in [6.07, 6.45) is 2.64. The van der Waals surface area contributed by atoms with Crippen LogP contribution in [0.2, 0.25) is 0 Å². The zero-order valence-corrected chi connectivity index (χ0v) is 15.7. The third-order valence-corrected chi connectivity index (χ3v) is 6.61. The number of fused-ring (bicyclic) bond motifs is 2. The van der Waals surface area contributed by atoms with E-state index in [-0.39, 0.29) is 11.7 Å². The van der Waals surface area contributed by atoms with E-state index in [1.165, 1.54) is 12.8 Å². The second-order valence-electron chi connectivity index (χ2n) is 7.67. The van der Waals surface area contributed by atoms with Crippen LogP contribution in [-0.2, 0) is 0 Å². The molecule has 1 aromatic carbocycles. The van der Waals surface area contributed by atoms with E-state index in [0.717, 1.165) is 46.2 Å². The molecule has 2 aromatic rings. The summed E-state index contributed by atoms with van der Waals surface area (Å²) in [5, 5.41) is 10.4. The van der Waals surface area contributed by atoms with Gasteiger partial charge in [0.05, 0.1) is 16.4 Å². The van der Waals surface area contributed by atoms with E-state index < -0.39 is 5.97 Å². The number of anilines is 1. The first-order chi connectivity index (χ1) is 11.9. The number of rotatable bonds is 4. The van der Waals surface area contributed by atoms with Gasteiger partial charge in [-0.05, 0) is 50.2 Å². The van der Waals surface area contributed by atoms with Crippen LogP contribution in [0.1, 0.15) is 44.0 Å². The Bertz CT molecular complexity index is 816. The zero-order valence-electron chi connectivity index (χ0n) is 14.9. The Kier molecular flexibility index (Phi) is 4.10. The molecule has 3 atom stereocenters. The Labute approximate surface area is 151 Å². The Morgan fingerprint density at radius 1 is 1.36 bits per heavy atom. The number of aromatic carboxylic acids is 1. The number of hydrogen-bond donors (Lipinski definition) is 1. The molecule has 134 valence electrons. The van der Waals surface area contributed by atoms with Crippen LogP contribution in [0.4, 0.5) is 5.13 Å². The molecule has 0 amide bonds. The Hall–Kier alpha value is -1.82. The molecule has 2 heterocycles. The summed E-state index contributed by atoms with van der Waals surface area (Å²) < 4.78 is 6.73. The smallest absolute Gasteiger partial charge is 0.335 e. The lowest BCUT2D eigenvalue weighted by Gasteiger charge is -2.17. The Balaban J connectivity index is 1.71. The number of benzene rings is 1. The van der Waals surface area contributed by atoms with E-state index in [2.05, 4.69) is 11.8 Å². The summed E-state index contributed by atoms with van der Waals surface area (Å²) in [6.45, 7) is 8.38. The second-order valence-corrected chi connectivity index (χ2v) is 8.68. The Morgan fingerprint density at radius 2 is 2.16 bits per heavy atom. The summed E-state index contributed by atoms with van der Waals surface area (Å²) in [5.41, 5.74) is 1.04. The zero-order chi connectivity index (χ0) is 17.7. The number of carboxylic acid groups (broad SMARTS) is 1. The van der Waals surface area contributed by atoms with Crippen molar-refractivity contribution in [3.63, 3.8) is 0 Å². The van der Waals surface area contributed by atoms with Gasteiger partial charge in [-0.25, -0.2) is 9.78 Å². The van der Waals surface area contributed by atoms with Gasteiger partial charge in [0.25, 0.3) is 0 Å². The number of aromatic nitrogens is 1. The number of ether oxygens (including phenoxy) is 1. The lowest BCUT2D eigenvalue weighted by Crippen LogP contribution is -2.21. The predicted molar refractivity (Wildman–Crippen MR) is 99.9 cm³/mol. The van der Waals surface area contributed by atoms with E-state index in [1.807, 2.05) is 13.8 Å². The van der Waals surface area contributed by atoms with Crippen LogP contribution in [0.3, 0.4) is 0 Å². The predicted octanol–water partition coefficient (Wildman–Crippen LogP) is 4.26. The fraction of sp³-hybridized carbons (Fsp3) is 0.579. The average molecular weight is 360 g/mol. The summed E-state index contributed by atoms with van der Waals surface area (Å²) in [5.74, 6) is 1.98. The molecule has 2 aliphatic rings. The third-order valence-electron chi connectivity index (χ3n) is 5.54. The number of carboxylic acids is 1. The average Bonchev–Trinajstić information content (AvgIpc) is 3.22. The van der Waals surface area contributed by atoms with Crippen molar-refractivity contribution >= 4 is 32.7 Å². The van der Waals surface area contributed by atoms with E-state index in [9.17, 15) is 9.90 Å². The van der Waals surface area contributed by atoms with Crippen molar-refractivity contribution in [2.75, 3.05) is 18.0 Å². The van der Waals surface area contributed by atoms with Gasteiger partial charge < -0.3 is 14.7 Å². The molecule has 1 aliphatic heterocycles. The lowest BCUT2D eigenvalue weighted by molar-refractivity contribution is 0.0696. The highest BCUT2D eigenvalue weighted by atomic mass is 32.1. The second kappa shape index (κ2) is 6.16. The van der Waals surface area contributed by atoms with Gasteiger partial charge in [-0.3, -0.25) is 0 Å². The SMILES string of the molecule is CC(C)Oc1cc(C(=O)O)cc2sc(N3C[C@H]4CCC(C)[C@H]4C3)nc12. The van der Waals surface area contributed by atoms with Crippen LogP contribution in [0, 0.1) is 17.8 Å². The van der Waals surface area contributed by atoms with Crippen LogP contribution >= 0.6 is 11.3 Å². The summed E-state index contributed by atoms with van der Waals surface area (Å²) >= 11 is 1.58. The van der Waals surface area contributed by atoms with E-state index >= 15 is 0 Å². The molecular formula is C19H24N2O3S. The van der Waals surface area contributed by atoms with Crippen molar-refractivity contribution in [1.82, 2.24) is 4.98 Å². The first kappa shape index (κ1) is 16.6. The van der Waals surface area contributed by atoms with Crippen LogP contribution < -0.4 is 9.64 Å². The van der Waals surface area contributed by atoms with E-state index in [4.69, 9.17) is 9.72 Å². The van der Waals surface area contributed by atoms with Crippen molar-refractivity contribution < 1.29 is 14.6 Å². The van der Waals surface area contributed by atoms with Gasteiger partial charge in [0, 0.05) is 13.1 Å². The fourth-order valence-corrected chi connectivity index (χ4v) is 5.32. The molecule has 1 saturated carbocycles. The van der Waals surface area contributed by atoms with E-state index in [0.29, 0.717) is 5.75 Å². The molecule has 1 saturated heterocycles. The fourth-order valence-electron chi connectivity index (χ4n) is 4.28. The minimum Gasteiger partial charge on any atom is -0.489 e. The molecule has 0 spiro atoms. The molecule has 0 radical (unpaired) electrons. The van der Waals surface area contributed by atoms with Crippen molar-refractivity contribution in [2.24, 2.45) is 17.8 Å². The number of hydrogen-bond acceptors (Lipinski definition) is 5. The summed E-state index contributed by atoms with van der Waals surface area (Å²) in [4.78, 5) is 18.6. The highest BCUT2D eigenvalue weighted by Crippen LogP contribution is 2.45. The van der Waals surface area contributed by atoms with E-state index in [1.54, 1.807) is 23.5 Å². The standard InChI is InChI=1S/C19H24N2O3S/c1-10(2)24-15-6-13(18(22)23)7-16-17(15)20-19(25-16)21-8-12-5-4-11(3)14(12)9-21/h6-7,10-12,14H,4-5,8-9H2,1-3H3,(H,22,23)/t11?,12-,14-/m1/s1. The minimum atomic E-state index is -0.935. The molecule has 1 N–H and O–H groups in total. The first-order valence-electron chi connectivity index (χ1n) is 9.02. The molecule has 1 aliphatic carbocycles. The molecule has 25 heavy (non-hydrogen) atoms. The maximum atomic E-state index is 11.4. The van der Waals surface area contributed by atoms with Crippen LogP contribution in [0.15, 0.2) is 12.1 Å². The third kappa shape index (κ3) is 2.97. The number of thiazole rings is 1. The van der Waals surface area contributed by atoms with Gasteiger partial charge in [-0.1, -0.05) is 24.7 Å². The number of carbonyl (C=O) groups is 1. The molecule has 1 aromatic heterocycles. The molecule has 4 rings (SSSR count). The van der Waals surface area contributed by atoms with Crippen LogP contribution in [0.5, 0.6) is 5.75 Å². The van der Waals surface area contributed by atoms with Crippen LogP contribution in [-0.4, -0.2) is 35.3 Å². The van der Waals surface area contributed by atoms with Gasteiger partial charge >= 0.3 is 5.97 Å².